The van der Waals surface area contributed by atoms with Gasteiger partial charge < -0.3 is 19.9 Å². The lowest BCUT2D eigenvalue weighted by molar-refractivity contribution is -0.130. The first kappa shape index (κ1) is 28.2. The van der Waals surface area contributed by atoms with Gasteiger partial charge in [0, 0.05) is 63.9 Å². The van der Waals surface area contributed by atoms with Crippen LogP contribution in [0, 0.1) is 6.92 Å². The van der Waals surface area contributed by atoms with Gasteiger partial charge in [0.1, 0.15) is 40.2 Å². The molecule has 4 aliphatic rings. The van der Waals surface area contributed by atoms with E-state index in [0.717, 1.165) is 48.3 Å². The van der Waals surface area contributed by atoms with E-state index in [-0.39, 0.29) is 36.2 Å². The van der Waals surface area contributed by atoms with Crippen LogP contribution in [0.3, 0.4) is 0 Å². The van der Waals surface area contributed by atoms with Gasteiger partial charge in [-0.15, -0.1) is 0 Å². The summed E-state index contributed by atoms with van der Waals surface area (Å²) in [6.45, 7) is 6.23. The van der Waals surface area contributed by atoms with E-state index in [4.69, 9.17) is 4.74 Å². The first-order valence-corrected chi connectivity index (χ1v) is 17.9. The fourth-order valence-corrected chi connectivity index (χ4v) is 7.90. The summed E-state index contributed by atoms with van der Waals surface area (Å²) in [5.41, 5.74) is 3.91. The van der Waals surface area contributed by atoms with E-state index in [1.807, 2.05) is 11.8 Å². The summed E-state index contributed by atoms with van der Waals surface area (Å²) in [7, 11) is -6.16. The van der Waals surface area contributed by atoms with Gasteiger partial charge in [0.15, 0.2) is 9.84 Å². The van der Waals surface area contributed by atoms with Crippen molar-refractivity contribution in [1.82, 2.24) is 19.8 Å². The molecule has 0 radical (unpaired) electrons. The van der Waals surface area contributed by atoms with Crippen molar-refractivity contribution in [3.05, 3.63) is 35.2 Å². The van der Waals surface area contributed by atoms with Crippen LogP contribution in [0.15, 0.2) is 18.5 Å². The summed E-state index contributed by atoms with van der Waals surface area (Å²) >= 11 is 0. The minimum atomic E-state index is -3.15. The Morgan fingerprint density at radius 1 is 1.12 bits per heavy atom. The van der Waals surface area contributed by atoms with Gasteiger partial charge in [0.05, 0.1) is 28.5 Å². The summed E-state index contributed by atoms with van der Waals surface area (Å²) in [6, 6.07) is 4.60. The predicted molar refractivity (Wildman–Crippen MR) is 155 cm³/mol. The molecule has 1 amide bonds. The van der Waals surface area contributed by atoms with E-state index >= 15 is 0 Å². The van der Waals surface area contributed by atoms with Crippen molar-refractivity contribution in [3.8, 4) is 5.75 Å². The fourth-order valence-electron chi connectivity index (χ4n) is 6.15. The second-order valence-electron chi connectivity index (χ2n) is 11.6. The average Bonchev–Trinajstić information content (AvgIpc) is 3.27. The molecule has 12 nitrogen and oxygen atoms in total. The number of hydrogen-bond donors (Lipinski definition) is 1. The van der Waals surface area contributed by atoms with E-state index in [0.29, 0.717) is 49.8 Å². The van der Waals surface area contributed by atoms with Gasteiger partial charge in [-0.05, 0) is 30.5 Å². The molecular formula is C27H36N6O6S2. The highest BCUT2D eigenvalue weighted by Crippen LogP contribution is 2.42. The van der Waals surface area contributed by atoms with Crippen molar-refractivity contribution in [2.75, 3.05) is 73.0 Å². The van der Waals surface area contributed by atoms with Gasteiger partial charge >= 0.3 is 0 Å². The van der Waals surface area contributed by atoms with Crippen molar-refractivity contribution in [1.29, 1.82) is 0 Å². The zero-order valence-corrected chi connectivity index (χ0v) is 25.0. The third-order valence-corrected chi connectivity index (χ3v) is 11.1. The van der Waals surface area contributed by atoms with Crippen molar-refractivity contribution in [3.63, 3.8) is 0 Å². The lowest BCUT2D eigenvalue weighted by Crippen LogP contribution is -2.51. The number of aryl methyl sites for hydroxylation is 1. The van der Waals surface area contributed by atoms with Crippen LogP contribution in [-0.2, 0) is 31.1 Å². The van der Waals surface area contributed by atoms with Gasteiger partial charge in [-0.2, -0.15) is 0 Å². The number of ether oxygens (including phenoxy) is 1. The average molecular weight is 605 g/mol. The standard InChI is InChI=1S/C27H36N6O6S2/c1-18-11-19(20-13-33(14-20)21-3-5-32(15-21)24(34)4-8-40(2,35)36)12-23-25(18)39-16-22-26(30-23)28-17-29-27(22)31-6-9-41(37,38)10-7-31/h11-12,17,20-21H,3-10,13-16H2,1-2H3,(H,28,29,30). The molecule has 2 aromatic rings. The predicted octanol–water partition coefficient (Wildman–Crippen LogP) is 1.09. The number of nitrogens with one attached hydrogen (secondary N) is 1. The quantitative estimate of drug-likeness (QED) is 0.506. The van der Waals surface area contributed by atoms with E-state index in [9.17, 15) is 21.6 Å². The summed E-state index contributed by atoms with van der Waals surface area (Å²) in [6.07, 6.45) is 3.62. The molecule has 0 bridgehead atoms. The van der Waals surface area contributed by atoms with Gasteiger partial charge in [-0.3, -0.25) is 9.69 Å². The largest absolute Gasteiger partial charge is 0.486 e. The number of carbonyl (C=O) groups excluding carboxylic acids is 1. The number of aromatic nitrogens is 2. The second kappa shape index (κ2) is 10.7. The number of likely N-dealkylation sites (tertiary alicyclic amines) is 2. The Bertz CT molecular complexity index is 1560. The van der Waals surface area contributed by atoms with Crippen LogP contribution >= 0.6 is 0 Å². The highest BCUT2D eigenvalue weighted by atomic mass is 32.2. The Morgan fingerprint density at radius 2 is 1.88 bits per heavy atom. The third kappa shape index (κ3) is 6.00. The highest BCUT2D eigenvalue weighted by molar-refractivity contribution is 7.91. The molecule has 41 heavy (non-hydrogen) atoms. The molecule has 4 aliphatic heterocycles. The number of fused-ring (bicyclic) bond motifs is 2. The van der Waals surface area contributed by atoms with Gasteiger partial charge in [-0.1, -0.05) is 6.07 Å². The Labute approximate surface area is 240 Å². The Hall–Kier alpha value is -2.97. The van der Waals surface area contributed by atoms with Crippen LogP contribution in [0.4, 0.5) is 17.3 Å². The van der Waals surface area contributed by atoms with E-state index in [2.05, 4.69) is 32.3 Å². The molecule has 5 heterocycles. The zero-order valence-electron chi connectivity index (χ0n) is 23.4. The van der Waals surface area contributed by atoms with E-state index in [1.165, 1.54) is 11.9 Å². The number of hydrogen-bond acceptors (Lipinski definition) is 11. The van der Waals surface area contributed by atoms with Crippen molar-refractivity contribution in [2.24, 2.45) is 0 Å². The zero-order chi connectivity index (χ0) is 28.9. The fraction of sp³-hybridized carbons (Fsp3) is 0.593. The molecule has 3 fully saturated rings. The van der Waals surface area contributed by atoms with Crippen LogP contribution in [0.25, 0.3) is 0 Å². The topological polar surface area (TPSA) is 142 Å². The molecule has 1 aromatic carbocycles. The molecule has 1 N–H and O–H groups in total. The van der Waals surface area contributed by atoms with Gasteiger partial charge in [0.2, 0.25) is 5.91 Å². The number of sulfone groups is 2. The smallest absolute Gasteiger partial charge is 0.223 e. The third-order valence-electron chi connectivity index (χ3n) is 8.58. The van der Waals surface area contributed by atoms with Crippen LogP contribution in [0.5, 0.6) is 5.75 Å². The lowest BCUT2D eigenvalue weighted by atomic mass is 9.88. The molecule has 0 spiro atoms. The summed E-state index contributed by atoms with van der Waals surface area (Å²) in [4.78, 5) is 27.6. The summed E-state index contributed by atoms with van der Waals surface area (Å²) in [5.74, 6) is 2.54. The number of amides is 1. The SMILES string of the molecule is Cc1cc(C2CN(C3CCN(C(=O)CCS(C)(=O)=O)C3)C2)cc2c1OCc1c(ncnc1N1CCS(=O)(=O)CC1)N2. The molecule has 1 aromatic heterocycles. The van der Waals surface area contributed by atoms with Crippen LogP contribution in [0.1, 0.15) is 35.4 Å². The van der Waals surface area contributed by atoms with Crippen molar-refractivity contribution < 1.29 is 26.4 Å². The lowest BCUT2D eigenvalue weighted by Gasteiger charge is -2.43. The molecule has 222 valence electrons. The van der Waals surface area contributed by atoms with E-state index in [1.54, 1.807) is 4.90 Å². The van der Waals surface area contributed by atoms with Crippen LogP contribution < -0.4 is 15.0 Å². The molecule has 6 rings (SSSR count). The molecule has 1 unspecified atom stereocenters. The number of carbonyl (C=O) groups is 1. The Morgan fingerprint density at radius 3 is 2.61 bits per heavy atom. The van der Waals surface area contributed by atoms with Crippen LogP contribution in [0.2, 0.25) is 0 Å². The maximum Gasteiger partial charge on any atom is 0.223 e. The van der Waals surface area contributed by atoms with Gasteiger partial charge in [0.25, 0.3) is 0 Å². The maximum absolute atomic E-state index is 12.5. The molecule has 3 saturated heterocycles. The maximum atomic E-state index is 12.5. The Balaban J connectivity index is 1.11. The molecule has 14 heteroatoms. The first-order chi connectivity index (χ1) is 19.5. The monoisotopic (exact) mass is 604 g/mol. The number of benzene rings is 1. The summed E-state index contributed by atoms with van der Waals surface area (Å²) < 4.78 is 53.0. The number of anilines is 3. The minimum absolute atomic E-state index is 0.0487. The van der Waals surface area contributed by atoms with Crippen molar-refractivity contribution >= 4 is 42.9 Å². The summed E-state index contributed by atoms with van der Waals surface area (Å²) in [5, 5.41) is 3.47. The highest BCUT2D eigenvalue weighted by Gasteiger charge is 2.38. The molecule has 0 saturated carbocycles. The number of rotatable bonds is 6. The molecule has 1 atom stereocenters. The van der Waals surface area contributed by atoms with Crippen molar-refractivity contribution in [2.45, 2.75) is 38.3 Å². The first-order valence-electron chi connectivity index (χ1n) is 14.0. The second-order valence-corrected chi connectivity index (χ2v) is 16.2. The minimum Gasteiger partial charge on any atom is -0.486 e. The number of nitrogens with zero attached hydrogens (tertiary/aromatic N) is 5. The Kier molecular flexibility index (Phi) is 7.35. The van der Waals surface area contributed by atoms with Gasteiger partial charge in [-0.25, -0.2) is 26.8 Å². The normalized spacial score (nSPS) is 22.6. The molecular weight excluding hydrogens is 568 g/mol. The van der Waals surface area contributed by atoms with E-state index < -0.39 is 19.7 Å². The molecule has 0 aliphatic carbocycles. The van der Waals surface area contributed by atoms with Crippen LogP contribution in [-0.4, -0.2) is 111 Å².